The van der Waals surface area contributed by atoms with Crippen molar-refractivity contribution in [3.8, 4) is 0 Å². The first-order chi connectivity index (χ1) is 10.6. The van der Waals surface area contributed by atoms with E-state index in [1.165, 1.54) is 0 Å². The predicted molar refractivity (Wildman–Crippen MR) is 78.2 cm³/mol. The molecule has 2 amide bonds. The number of carbonyl (C=O) groups is 2. The molecule has 1 atom stereocenters. The van der Waals surface area contributed by atoms with Crippen LogP contribution in [0.1, 0.15) is 13.0 Å². The van der Waals surface area contributed by atoms with Crippen molar-refractivity contribution < 1.29 is 14.3 Å². The van der Waals surface area contributed by atoms with Crippen molar-refractivity contribution in [2.45, 2.75) is 18.6 Å². The summed E-state index contributed by atoms with van der Waals surface area (Å²) in [5.41, 5.74) is 1.28. The average molecular weight is 300 g/mol. The number of ether oxygens (including phenoxy) is 1. The Bertz CT molecular complexity index is 763. The monoisotopic (exact) mass is 300 g/mol. The first-order valence-corrected chi connectivity index (χ1v) is 7.25. The van der Waals surface area contributed by atoms with Crippen molar-refractivity contribution in [3.63, 3.8) is 0 Å². The highest BCUT2D eigenvalue weighted by atomic mass is 16.6. The number of carbonyl (C=O) groups excluding carboxylic acids is 2. The zero-order valence-corrected chi connectivity index (χ0v) is 12.2. The van der Waals surface area contributed by atoms with Crippen LogP contribution in [0.4, 0.5) is 4.79 Å². The molecule has 22 heavy (non-hydrogen) atoms. The first-order valence-electron chi connectivity index (χ1n) is 7.25. The molecule has 1 unspecified atom stereocenters. The second kappa shape index (κ2) is 4.46. The van der Waals surface area contributed by atoms with E-state index in [9.17, 15) is 9.59 Å². The van der Waals surface area contributed by atoms with Gasteiger partial charge in [0.25, 0.3) is 0 Å². The fourth-order valence-electron chi connectivity index (χ4n) is 3.15. The fourth-order valence-corrected chi connectivity index (χ4v) is 3.15. The molecule has 7 nitrogen and oxygen atoms in total. The third kappa shape index (κ3) is 1.85. The third-order valence-electron chi connectivity index (χ3n) is 4.39. The standard InChI is InChI=1S/C15H16N4O3/c1-10(19-9-17-11-4-2-3-5-12(11)19)13(20)18-7-15(8-18)6-16-14(21)22-15/h2-5,9-10H,6-8H2,1H3,(H,16,21). The Labute approximate surface area is 126 Å². The Kier molecular flexibility index (Phi) is 2.66. The van der Waals surface area contributed by atoms with Gasteiger partial charge in [0.1, 0.15) is 6.04 Å². The van der Waals surface area contributed by atoms with Crippen LogP contribution in [0.15, 0.2) is 30.6 Å². The molecule has 3 heterocycles. The number of nitrogens with one attached hydrogen (secondary N) is 1. The summed E-state index contributed by atoms with van der Waals surface area (Å²) in [5.74, 6) is 0.0109. The SMILES string of the molecule is CC(C(=O)N1CC2(CNC(=O)O2)C1)n1cnc2ccccc21. The van der Waals surface area contributed by atoms with Gasteiger partial charge < -0.3 is 19.5 Å². The lowest BCUT2D eigenvalue weighted by molar-refractivity contribution is -0.152. The lowest BCUT2D eigenvalue weighted by atomic mass is 9.93. The Morgan fingerprint density at radius 2 is 2.18 bits per heavy atom. The maximum absolute atomic E-state index is 12.6. The second-order valence-electron chi connectivity index (χ2n) is 5.94. The molecular weight excluding hydrogens is 284 g/mol. The van der Waals surface area contributed by atoms with E-state index in [2.05, 4.69) is 10.3 Å². The number of alkyl carbamates (subject to hydrolysis) is 1. The molecule has 2 fully saturated rings. The van der Waals surface area contributed by atoms with Crippen molar-refractivity contribution in [3.05, 3.63) is 30.6 Å². The van der Waals surface area contributed by atoms with Gasteiger partial charge in [0, 0.05) is 0 Å². The van der Waals surface area contributed by atoms with Crippen molar-refractivity contribution in [2.24, 2.45) is 0 Å². The molecule has 1 N–H and O–H groups in total. The maximum Gasteiger partial charge on any atom is 0.408 e. The number of aromatic nitrogens is 2. The van der Waals surface area contributed by atoms with Gasteiger partial charge >= 0.3 is 6.09 Å². The van der Waals surface area contributed by atoms with E-state index >= 15 is 0 Å². The number of fused-ring (bicyclic) bond motifs is 1. The highest BCUT2D eigenvalue weighted by molar-refractivity contribution is 5.85. The highest BCUT2D eigenvalue weighted by Crippen LogP contribution is 2.30. The quantitative estimate of drug-likeness (QED) is 0.894. The number of imidazole rings is 1. The zero-order chi connectivity index (χ0) is 15.3. The van der Waals surface area contributed by atoms with Crippen LogP contribution in [0.3, 0.4) is 0 Å². The minimum Gasteiger partial charge on any atom is -0.437 e. The number of nitrogens with zero attached hydrogens (tertiary/aromatic N) is 3. The Balaban J connectivity index is 1.51. The molecule has 2 aromatic rings. The Morgan fingerprint density at radius 1 is 1.41 bits per heavy atom. The average Bonchev–Trinajstić information content (AvgIpc) is 3.08. The molecule has 4 rings (SSSR count). The van der Waals surface area contributed by atoms with E-state index < -0.39 is 11.7 Å². The van der Waals surface area contributed by atoms with Crippen LogP contribution in [0, 0.1) is 0 Å². The van der Waals surface area contributed by atoms with Crippen molar-refractivity contribution in [1.82, 2.24) is 19.8 Å². The molecule has 2 aliphatic heterocycles. The molecule has 114 valence electrons. The molecule has 1 aromatic carbocycles. The summed E-state index contributed by atoms with van der Waals surface area (Å²) in [6, 6.07) is 7.39. The summed E-state index contributed by atoms with van der Waals surface area (Å²) < 4.78 is 7.12. The van der Waals surface area contributed by atoms with E-state index in [4.69, 9.17) is 4.74 Å². The molecule has 1 aromatic heterocycles. The summed E-state index contributed by atoms with van der Waals surface area (Å²) in [6.45, 7) is 3.22. The van der Waals surface area contributed by atoms with Crippen molar-refractivity contribution in [1.29, 1.82) is 0 Å². The van der Waals surface area contributed by atoms with Gasteiger partial charge in [-0.25, -0.2) is 9.78 Å². The number of benzene rings is 1. The number of hydrogen-bond donors (Lipinski definition) is 1. The molecule has 2 saturated heterocycles. The van der Waals surface area contributed by atoms with Crippen molar-refractivity contribution in [2.75, 3.05) is 19.6 Å². The van der Waals surface area contributed by atoms with Gasteiger partial charge in [0.05, 0.1) is 37.0 Å². The number of likely N-dealkylation sites (tertiary alicyclic amines) is 1. The Hall–Kier alpha value is -2.57. The van der Waals surface area contributed by atoms with E-state index in [0.717, 1.165) is 11.0 Å². The maximum atomic E-state index is 12.6. The molecule has 0 saturated carbocycles. The highest BCUT2D eigenvalue weighted by Gasteiger charge is 2.52. The smallest absolute Gasteiger partial charge is 0.408 e. The van der Waals surface area contributed by atoms with Gasteiger partial charge in [-0.2, -0.15) is 0 Å². The molecule has 0 radical (unpaired) electrons. The van der Waals surface area contributed by atoms with Gasteiger partial charge in [0.15, 0.2) is 5.60 Å². The van der Waals surface area contributed by atoms with Crippen LogP contribution in [0.25, 0.3) is 11.0 Å². The third-order valence-corrected chi connectivity index (χ3v) is 4.39. The number of rotatable bonds is 2. The Morgan fingerprint density at radius 3 is 2.91 bits per heavy atom. The first kappa shape index (κ1) is 13.1. The van der Waals surface area contributed by atoms with Crippen LogP contribution < -0.4 is 5.32 Å². The molecule has 7 heteroatoms. The van der Waals surface area contributed by atoms with E-state index in [0.29, 0.717) is 19.6 Å². The van der Waals surface area contributed by atoms with Crippen LogP contribution in [-0.4, -0.2) is 51.7 Å². The van der Waals surface area contributed by atoms with Crippen LogP contribution in [0.2, 0.25) is 0 Å². The van der Waals surface area contributed by atoms with E-state index in [-0.39, 0.29) is 11.9 Å². The molecule has 0 bridgehead atoms. The molecular formula is C15H16N4O3. The van der Waals surface area contributed by atoms with Crippen LogP contribution >= 0.6 is 0 Å². The largest absolute Gasteiger partial charge is 0.437 e. The normalized spacial score (nSPS) is 20.6. The number of para-hydroxylation sites is 2. The lowest BCUT2D eigenvalue weighted by Crippen LogP contribution is -2.66. The second-order valence-corrected chi connectivity index (χ2v) is 5.94. The van der Waals surface area contributed by atoms with Gasteiger partial charge in [-0.15, -0.1) is 0 Å². The minimum atomic E-state index is -0.524. The topological polar surface area (TPSA) is 76.5 Å². The summed E-state index contributed by atoms with van der Waals surface area (Å²) in [6.07, 6.45) is 1.29. The van der Waals surface area contributed by atoms with Gasteiger partial charge in [-0.05, 0) is 19.1 Å². The lowest BCUT2D eigenvalue weighted by Gasteiger charge is -2.46. The molecule has 2 aliphatic rings. The predicted octanol–water partition coefficient (Wildman–Crippen LogP) is 0.918. The molecule has 0 aliphatic carbocycles. The van der Waals surface area contributed by atoms with Gasteiger partial charge in [-0.1, -0.05) is 12.1 Å². The number of amides is 2. The van der Waals surface area contributed by atoms with Gasteiger partial charge in [0.2, 0.25) is 5.91 Å². The minimum absolute atomic E-state index is 0.0109. The van der Waals surface area contributed by atoms with E-state index in [1.807, 2.05) is 35.8 Å². The van der Waals surface area contributed by atoms with Crippen LogP contribution in [-0.2, 0) is 9.53 Å². The summed E-state index contributed by atoms with van der Waals surface area (Å²) in [5, 5.41) is 2.64. The van der Waals surface area contributed by atoms with Crippen LogP contribution in [0.5, 0.6) is 0 Å². The van der Waals surface area contributed by atoms with Gasteiger partial charge in [-0.3, -0.25) is 4.79 Å². The summed E-state index contributed by atoms with van der Waals surface area (Å²) in [7, 11) is 0. The zero-order valence-electron chi connectivity index (χ0n) is 12.2. The summed E-state index contributed by atoms with van der Waals surface area (Å²) >= 11 is 0. The van der Waals surface area contributed by atoms with Crippen molar-refractivity contribution >= 4 is 23.0 Å². The summed E-state index contributed by atoms with van der Waals surface area (Å²) in [4.78, 5) is 29.8. The number of hydrogen-bond acceptors (Lipinski definition) is 4. The van der Waals surface area contributed by atoms with E-state index in [1.54, 1.807) is 11.2 Å². The fraction of sp³-hybridized carbons (Fsp3) is 0.400. The molecule has 1 spiro atoms.